The van der Waals surface area contributed by atoms with Gasteiger partial charge in [0.2, 0.25) is 0 Å². The Morgan fingerprint density at radius 3 is 2.20 bits per heavy atom. The molecule has 0 aliphatic carbocycles. The van der Waals surface area contributed by atoms with Gasteiger partial charge in [0, 0.05) is 0 Å². The van der Waals surface area contributed by atoms with Crippen molar-refractivity contribution in [2.75, 3.05) is 0 Å². The van der Waals surface area contributed by atoms with Gasteiger partial charge >= 0.3 is 0 Å². The van der Waals surface area contributed by atoms with Gasteiger partial charge in [-0.1, -0.05) is 38.1 Å². The number of nitrogens with one attached hydrogen (secondary N) is 1. The molecule has 0 amide bonds. The van der Waals surface area contributed by atoms with Gasteiger partial charge < -0.3 is 0 Å². The zero-order valence-corrected chi connectivity index (χ0v) is 9.41. The number of rotatable bonds is 3. The minimum Gasteiger partial charge on any atom is -0.270 e. The average molecular weight is 203 g/mol. The molecular weight excluding hydrogens is 186 g/mol. The van der Waals surface area contributed by atoms with E-state index in [9.17, 15) is 0 Å². The van der Waals surface area contributed by atoms with Crippen molar-refractivity contribution >= 4 is 0 Å². The topological polar surface area (TPSA) is 61.8 Å². The molecule has 1 atom stereocenters. The first kappa shape index (κ1) is 11.7. The number of nitrogens with zero attached hydrogens (tertiary/aromatic N) is 1. The Labute approximate surface area is 90.9 Å². The van der Waals surface area contributed by atoms with Crippen molar-refractivity contribution in [2.45, 2.75) is 32.2 Å². The number of hydrogen-bond acceptors (Lipinski definition) is 3. The summed E-state index contributed by atoms with van der Waals surface area (Å²) in [5.74, 6) is 5.87. The minimum atomic E-state index is -0.810. The SMILES string of the molecule is CC(C)c1ccc(C(C)(C#N)NN)cc1. The minimum absolute atomic E-state index is 0.498. The summed E-state index contributed by atoms with van der Waals surface area (Å²) in [6.07, 6.45) is 0. The van der Waals surface area contributed by atoms with Crippen LogP contribution < -0.4 is 11.3 Å². The van der Waals surface area contributed by atoms with E-state index in [4.69, 9.17) is 11.1 Å². The maximum atomic E-state index is 9.02. The summed E-state index contributed by atoms with van der Waals surface area (Å²) in [5.41, 5.74) is 3.87. The van der Waals surface area contributed by atoms with Crippen LogP contribution in [0.2, 0.25) is 0 Å². The number of benzene rings is 1. The normalized spacial score (nSPS) is 14.7. The van der Waals surface area contributed by atoms with E-state index in [1.807, 2.05) is 24.3 Å². The van der Waals surface area contributed by atoms with Crippen LogP contribution in [0.25, 0.3) is 0 Å². The van der Waals surface area contributed by atoms with E-state index < -0.39 is 5.54 Å². The van der Waals surface area contributed by atoms with Crippen molar-refractivity contribution in [1.29, 1.82) is 5.26 Å². The highest BCUT2D eigenvalue weighted by atomic mass is 15.3. The fourth-order valence-electron chi connectivity index (χ4n) is 1.38. The Bertz CT molecular complexity index is 361. The molecule has 0 heterocycles. The Balaban J connectivity index is 3.04. The molecule has 80 valence electrons. The van der Waals surface area contributed by atoms with E-state index >= 15 is 0 Å². The van der Waals surface area contributed by atoms with Crippen LogP contribution >= 0.6 is 0 Å². The lowest BCUT2D eigenvalue weighted by molar-refractivity contribution is 0.482. The zero-order chi connectivity index (χ0) is 11.5. The molecule has 3 N–H and O–H groups in total. The Morgan fingerprint density at radius 2 is 1.87 bits per heavy atom. The second-order valence-corrected chi connectivity index (χ2v) is 4.16. The molecule has 0 radical (unpaired) electrons. The quantitative estimate of drug-likeness (QED) is 0.583. The lowest BCUT2D eigenvalue weighted by Gasteiger charge is -2.21. The summed E-state index contributed by atoms with van der Waals surface area (Å²) in [5, 5.41) is 9.02. The molecule has 3 nitrogen and oxygen atoms in total. The second kappa shape index (κ2) is 4.43. The predicted octanol–water partition coefficient (Wildman–Crippen LogP) is 2.01. The van der Waals surface area contributed by atoms with Gasteiger partial charge in [-0.2, -0.15) is 5.26 Å². The van der Waals surface area contributed by atoms with Crippen LogP contribution in [-0.2, 0) is 5.54 Å². The fraction of sp³-hybridized carbons (Fsp3) is 0.417. The molecule has 0 saturated heterocycles. The number of nitrogens with two attached hydrogens (primary N) is 1. The molecule has 0 saturated carbocycles. The van der Waals surface area contributed by atoms with Crippen molar-refractivity contribution in [3.05, 3.63) is 35.4 Å². The van der Waals surface area contributed by atoms with E-state index in [1.165, 1.54) is 5.56 Å². The summed E-state index contributed by atoms with van der Waals surface area (Å²) in [6.45, 7) is 6.04. The van der Waals surface area contributed by atoms with Crippen LogP contribution in [0.5, 0.6) is 0 Å². The number of hydrazine groups is 1. The van der Waals surface area contributed by atoms with Crippen LogP contribution in [0, 0.1) is 11.3 Å². The first-order valence-corrected chi connectivity index (χ1v) is 5.03. The lowest BCUT2D eigenvalue weighted by Crippen LogP contribution is -2.42. The Morgan fingerprint density at radius 1 is 1.33 bits per heavy atom. The summed E-state index contributed by atoms with van der Waals surface area (Å²) >= 11 is 0. The highest BCUT2D eigenvalue weighted by Crippen LogP contribution is 2.21. The molecule has 0 aromatic heterocycles. The van der Waals surface area contributed by atoms with Gasteiger partial charge in [0.05, 0.1) is 6.07 Å². The van der Waals surface area contributed by atoms with Crippen molar-refractivity contribution in [3.63, 3.8) is 0 Å². The molecule has 0 bridgehead atoms. The van der Waals surface area contributed by atoms with Crippen molar-refractivity contribution in [1.82, 2.24) is 5.43 Å². The van der Waals surface area contributed by atoms with Gasteiger partial charge in [0.25, 0.3) is 0 Å². The van der Waals surface area contributed by atoms with E-state index in [0.717, 1.165) is 5.56 Å². The molecule has 3 heteroatoms. The molecule has 0 fully saturated rings. The molecule has 0 aliphatic heterocycles. The third-order valence-corrected chi connectivity index (χ3v) is 2.67. The van der Waals surface area contributed by atoms with E-state index in [0.29, 0.717) is 5.92 Å². The first-order chi connectivity index (χ1) is 7.03. The molecule has 1 unspecified atom stereocenters. The number of nitriles is 1. The van der Waals surface area contributed by atoms with Crippen LogP contribution in [0.1, 0.15) is 37.8 Å². The highest BCUT2D eigenvalue weighted by Gasteiger charge is 2.24. The summed E-state index contributed by atoms with van der Waals surface area (Å²) in [4.78, 5) is 0. The Hall–Kier alpha value is -1.37. The summed E-state index contributed by atoms with van der Waals surface area (Å²) < 4.78 is 0. The van der Waals surface area contributed by atoms with Gasteiger partial charge in [-0.3, -0.25) is 5.84 Å². The van der Waals surface area contributed by atoms with Crippen LogP contribution in [0.4, 0.5) is 0 Å². The van der Waals surface area contributed by atoms with Crippen molar-refractivity contribution in [2.24, 2.45) is 5.84 Å². The predicted molar refractivity (Wildman–Crippen MR) is 60.8 cm³/mol. The molecule has 0 aliphatic rings. The molecule has 15 heavy (non-hydrogen) atoms. The van der Waals surface area contributed by atoms with Crippen molar-refractivity contribution < 1.29 is 0 Å². The summed E-state index contributed by atoms with van der Waals surface area (Å²) in [7, 11) is 0. The molecule has 1 aromatic rings. The number of hydrogen-bond donors (Lipinski definition) is 2. The monoisotopic (exact) mass is 203 g/mol. The molecule has 0 spiro atoms. The third kappa shape index (κ3) is 2.35. The lowest BCUT2D eigenvalue weighted by atomic mass is 9.92. The maximum Gasteiger partial charge on any atom is 0.141 e. The first-order valence-electron chi connectivity index (χ1n) is 5.03. The average Bonchev–Trinajstić information content (AvgIpc) is 2.28. The smallest absolute Gasteiger partial charge is 0.141 e. The van der Waals surface area contributed by atoms with Gasteiger partial charge in [-0.15, -0.1) is 0 Å². The molecule has 1 rings (SSSR count). The largest absolute Gasteiger partial charge is 0.270 e. The molecule has 1 aromatic carbocycles. The van der Waals surface area contributed by atoms with E-state index in [-0.39, 0.29) is 0 Å². The van der Waals surface area contributed by atoms with Gasteiger partial charge in [-0.25, -0.2) is 5.43 Å². The summed E-state index contributed by atoms with van der Waals surface area (Å²) in [6, 6.07) is 10.1. The Kier molecular flexibility index (Phi) is 3.46. The third-order valence-electron chi connectivity index (χ3n) is 2.67. The van der Waals surface area contributed by atoms with E-state index in [2.05, 4.69) is 25.3 Å². The highest BCUT2D eigenvalue weighted by molar-refractivity contribution is 5.33. The molecular formula is C12H17N3. The van der Waals surface area contributed by atoms with Gasteiger partial charge in [0.1, 0.15) is 5.54 Å². The van der Waals surface area contributed by atoms with Crippen LogP contribution in [-0.4, -0.2) is 0 Å². The van der Waals surface area contributed by atoms with Crippen LogP contribution in [0.15, 0.2) is 24.3 Å². The fourth-order valence-corrected chi connectivity index (χ4v) is 1.38. The van der Waals surface area contributed by atoms with Crippen molar-refractivity contribution in [3.8, 4) is 6.07 Å². The van der Waals surface area contributed by atoms with Gasteiger partial charge in [-0.05, 0) is 24.0 Å². The maximum absolute atomic E-state index is 9.02. The van der Waals surface area contributed by atoms with E-state index in [1.54, 1.807) is 6.92 Å². The van der Waals surface area contributed by atoms with Gasteiger partial charge in [0.15, 0.2) is 0 Å². The van der Waals surface area contributed by atoms with Crippen LogP contribution in [0.3, 0.4) is 0 Å². The standard InChI is InChI=1S/C12H17N3/c1-9(2)10-4-6-11(7-5-10)12(3,8-13)15-14/h4-7,9,15H,14H2,1-3H3. The zero-order valence-electron chi connectivity index (χ0n) is 9.41. The second-order valence-electron chi connectivity index (χ2n) is 4.16.